The van der Waals surface area contributed by atoms with E-state index in [1.165, 1.54) is 10.7 Å². The van der Waals surface area contributed by atoms with Crippen LogP contribution in [0.25, 0.3) is 5.69 Å². The third-order valence-corrected chi connectivity index (χ3v) is 2.74. The Morgan fingerprint density at radius 3 is 2.62 bits per heavy atom. The van der Waals surface area contributed by atoms with Crippen molar-refractivity contribution in [3.63, 3.8) is 0 Å². The molecule has 0 aliphatic rings. The van der Waals surface area contributed by atoms with Gasteiger partial charge in [0.25, 0.3) is 12.3 Å². The highest BCUT2D eigenvalue weighted by molar-refractivity contribution is 5.92. The van der Waals surface area contributed by atoms with Crippen LogP contribution in [0.15, 0.2) is 36.5 Å². The minimum absolute atomic E-state index is 0.0632. The van der Waals surface area contributed by atoms with Crippen LogP contribution < -0.4 is 11.1 Å². The number of nitrogens with zero attached hydrogens (tertiary/aromatic N) is 2. The third-order valence-electron chi connectivity index (χ3n) is 2.74. The van der Waals surface area contributed by atoms with Crippen LogP contribution in [0.5, 0.6) is 0 Å². The lowest BCUT2D eigenvalue weighted by molar-refractivity contribution is -0.00273. The first-order chi connectivity index (χ1) is 9.97. The van der Waals surface area contributed by atoms with Gasteiger partial charge in [-0.25, -0.2) is 13.5 Å². The van der Waals surface area contributed by atoms with Gasteiger partial charge in [-0.05, 0) is 30.3 Å². The Morgan fingerprint density at radius 1 is 1.33 bits per heavy atom. The van der Waals surface area contributed by atoms with Crippen molar-refractivity contribution in [2.24, 2.45) is 0 Å². The molecule has 1 atom stereocenters. The molecule has 0 saturated carbocycles. The number of benzene rings is 1. The van der Waals surface area contributed by atoms with E-state index >= 15 is 0 Å². The van der Waals surface area contributed by atoms with Gasteiger partial charge in [0.1, 0.15) is 6.10 Å². The quantitative estimate of drug-likeness (QED) is 0.712. The molecule has 112 valence electrons. The highest BCUT2D eigenvalue weighted by atomic mass is 19.3. The van der Waals surface area contributed by atoms with Gasteiger partial charge in [-0.3, -0.25) is 4.79 Å². The van der Waals surface area contributed by atoms with Crippen LogP contribution in [0.1, 0.15) is 10.5 Å². The molecule has 21 heavy (non-hydrogen) atoms. The molecule has 1 amide bonds. The van der Waals surface area contributed by atoms with Crippen LogP contribution in [-0.2, 0) is 0 Å². The van der Waals surface area contributed by atoms with Crippen LogP contribution in [0.4, 0.5) is 14.5 Å². The van der Waals surface area contributed by atoms with Crippen molar-refractivity contribution in [1.29, 1.82) is 0 Å². The Balaban J connectivity index is 2.02. The summed E-state index contributed by atoms with van der Waals surface area (Å²) in [5.41, 5.74) is 6.94. The van der Waals surface area contributed by atoms with Crippen molar-refractivity contribution in [2.75, 3.05) is 12.3 Å². The summed E-state index contributed by atoms with van der Waals surface area (Å²) in [6, 6.07) is 8.28. The third kappa shape index (κ3) is 3.76. The fraction of sp³-hybridized carbons (Fsp3) is 0.231. The average Bonchev–Trinajstić information content (AvgIpc) is 2.94. The maximum absolute atomic E-state index is 12.1. The summed E-state index contributed by atoms with van der Waals surface area (Å²) < 4.78 is 25.7. The van der Waals surface area contributed by atoms with Crippen LogP contribution in [0, 0.1) is 0 Å². The van der Waals surface area contributed by atoms with Gasteiger partial charge in [-0.1, -0.05) is 0 Å². The number of alkyl halides is 2. The summed E-state index contributed by atoms with van der Waals surface area (Å²) in [5, 5.41) is 15.1. The lowest BCUT2D eigenvalue weighted by Crippen LogP contribution is -2.36. The summed E-state index contributed by atoms with van der Waals surface area (Å²) in [6.45, 7) is -0.536. The van der Waals surface area contributed by atoms with E-state index in [-0.39, 0.29) is 5.69 Å². The molecule has 0 fully saturated rings. The summed E-state index contributed by atoms with van der Waals surface area (Å²) in [5.74, 6) is -0.635. The molecule has 0 aliphatic carbocycles. The van der Waals surface area contributed by atoms with Crippen molar-refractivity contribution >= 4 is 11.6 Å². The number of anilines is 1. The lowest BCUT2D eigenvalue weighted by Gasteiger charge is -2.09. The van der Waals surface area contributed by atoms with Crippen LogP contribution >= 0.6 is 0 Å². The van der Waals surface area contributed by atoms with Gasteiger partial charge in [0, 0.05) is 18.4 Å². The van der Waals surface area contributed by atoms with Crippen molar-refractivity contribution in [1.82, 2.24) is 15.1 Å². The minimum Gasteiger partial charge on any atom is -0.399 e. The molecule has 0 saturated heterocycles. The van der Waals surface area contributed by atoms with E-state index in [1.54, 1.807) is 30.5 Å². The predicted octanol–water partition coefficient (Wildman–Crippen LogP) is 0.810. The maximum Gasteiger partial charge on any atom is 0.271 e. The highest BCUT2D eigenvalue weighted by Gasteiger charge is 2.18. The standard InChI is InChI=1S/C13H14F2N4O2/c14-12(15)11(20)7-17-13(21)10-5-6-19(18-10)9-3-1-8(16)2-4-9/h1-6,11-12,20H,7,16H2,(H,17,21). The second-order valence-corrected chi connectivity index (χ2v) is 4.35. The first-order valence-corrected chi connectivity index (χ1v) is 6.13. The van der Waals surface area contributed by atoms with Crippen molar-refractivity contribution in [2.45, 2.75) is 12.5 Å². The van der Waals surface area contributed by atoms with E-state index < -0.39 is 25.0 Å². The van der Waals surface area contributed by atoms with Crippen molar-refractivity contribution < 1.29 is 18.7 Å². The van der Waals surface area contributed by atoms with Gasteiger partial charge in [0.15, 0.2) is 5.69 Å². The molecule has 6 nitrogen and oxygen atoms in total. The Bertz CT molecular complexity index is 613. The molecule has 4 N–H and O–H groups in total. The van der Waals surface area contributed by atoms with Crippen molar-refractivity contribution in [3.8, 4) is 5.69 Å². The predicted molar refractivity (Wildman–Crippen MR) is 72.3 cm³/mol. The molecule has 0 radical (unpaired) electrons. The number of aliphatic hydroxyl groups excluding tert-OH is 1. The number of amides is 1. The summed E-state index contributed by atoms with van der Waals surface area (Å²) in [6.07, 6.45) is -3.24. The van der Waals surface area contributed by atoms with Crippen LogP contribution in [0.3, 0.4) is 0 Å². The molecule has 1 aromatic carbocycles. The minimum atomic E-state index is -2.90. The molecule has 8 heteroatoms. The fourth-order valence-electron chi connectivity index (χ4n) is 1.59. The normalized spacial score (nSPS) is 12.4. The van der Waals surface area contributed by atoms with Gasteiger partial charge >= 0.3 is 0 Å². The lowest BCUT2D eigenvalue weighted by atomic mass is 10.3. The molecular formula is C13H14F2N4O2. The number of halogens is 2. The average molecular weight is 296 g/mol. The van der Waals surface area contributed by atoms with Gasteiger partial charge < -0.3 is 16.2 Å². The molecule has 0 aliphatic heterocycles. The molecular weight excluding hydrogens is 282 g/mol. The van der Waals surface area contributed by atoms with Gasteiger partial charge in [0.05, 0.1) is 5.69 Å². The number of hydrogen-bond acceptors (Lipinski definition) is 4. The monoisotopic (exact) mass is 296 g/mol. The molecule has 2 aromatic rings. The number of carbonyl (C=O) groups is 1. The molecule has 1 unspecified atom stereocenters. The topological polar surface area (TPSA) is 93.2 Å². The number of nitrogens with one attached hydrogen (secondary N) is 1. The number of hydrogen-bond donors (Lipinski definition) is 3. The first-order valence-electron chi connectivity index (χ1n) is 6.13. The largest absolute Gasteiger partial charge is 0.399 e. The second kappa shape index (κ2) is 6.31. The number of nitrogen functional groups attached to an aromatic ring is 1. The zero-order valence-electron chi connectivity index (χ0n) is 10.9. The summed E-state index contributed by atoms with van der Waals surface area (Å²) in [7, 11) is 0. The van der Waals surface area contributed by atoms with E-state index in [1.807, 2.05) is 0 Å². The molecule has 0 bridgehead atoms. The zero-order valence-corrected chi connectivity index (χ0v) is 10.9. The molecule has 0 spiro atoms. The Labute approximate surface area is 119 Å². The smallest absolute Gasteiger partial charge is 0.271 e. The number of nitrogens with two attached hydrogens (primary N) is 1. The molecule has 1 aromatic heterocycles. The van der Waals surface area contributed by atoms with E-state index in [4.69, 9.17) is 10.8 Å². The fourth-order valence-corrected chi connectivity index (χ4v) is 1.59. The van der Waals surface area contributed by atoms with Crippen molar-refractivity contribution in [3.05, 3.63) is 42.2 Å². The number of aromatic nitrogens is 2. The molecule has 1 heterocycles. The first kappa shape index (κ1) is 14.9. The number of carbonyl (C=O) groups excluding carboxylic acids is 1. The number of aliphatic hydroxyl groups is 1. The highest BCUT2D eigenvalue weighted by Crippen LogP contribution is 2.10. The molecule has 2 rings (SSSR count). The number of rotatable bonds is 5. The SMILES string of the molecule is Nc1ccc(-n2ccc(C(=O)NCC(O)C(F)F)n2)cc1. The van der Waals surface area contributed by atoms with E-state index in [2.05, 4.69) is 10.4 Å². The summed E-state index contributed by atoms with van der Waals surface area (Å²) in [4.78, 5) is 11.7. The Hall–Kier alpha value is -2.48. The Kier molecular flexibility index (Phi) is 4.49. The second-order valence-electron chi connectivity index (χ2n) is 4.35. The maximum atomic E-state index is 12.1. The van der Waals surface area contributed by atoms with Gasteiger partial charge in [0.2, 0.25) is 0 Å². The van der Waals surface area contributed by atoms with Gasteiger partial charge in [-0.15, -0.1) is 0 Å². The van der Waals surface area contributed by atoms with E-state index in [0.717, 1.165) is 0 Å². The van der Waals surface area contributed by atoms with E-state index in [9.17, 15) is 13.6 Å². The van der Waals surface area contributed by atoms with Crippen LogP contribution in [-0.4, -0.2) is 39.9 Å². The Morgan fingerprint density at radius 2 is 2.00 bits per heavy atom. The van der Waals surface area contributed by atoms with Crippen LogP contribution in [0.2, 0.25) is 0 Å². The van der Waals surface area contributed by atoms with E-state index in [0.29, 0.717) is 11.4 Å². The zero-order chi connectivity index (χ0) is 15.4. The van der Waals surface area contributed by atoms with Gasteiger partial charge in [-0.2, -0.15) is 5.10 Å². The summed E-state index contributed by atoms with van der Waals surface area (Å²) >= 11 is 0.